The lowest BCUT2D eigenvalue weighted by atomic mass is 10.2. The number of sulfone groups is 1. The quantitative estimate of drug-likeness (QED) is 0.690. The number of nitrogens with zero attached hydrogens (tertiary/aromatic N) is 2. The molecule has 29 heavy (non-hydrogen) atoms. The Balaban J connectivity index is 1.91. The van der Waals surface area contributed by atoms with Crippen LogP contribution in [0.5, 0.6) is 11.5 Å². The van der Waals surface area contributed by atoms with Crippen molar-refractivity contribution in [2.45, 2.75) is 4.90 Å². The van der Waals surface area contributed by atoms with E-state index >= 15 is 0 Å². The SMILES string of the molecule is CS(=O)(=O)c1ccc(Oc2c(Cl)cc(N3C(=O)NC(=O)CN3C=O)cc2Cl)cc1. The summed E-state index contributed by atoms with van der Waals surface area (Å²) in [6.45, 7) is -0.352. The summed E-state index contributed by atoms with van der Waals surface area (Å²) in [5.41, 5.74) is 0.136. The second kappa shape index (κ2) is 7.90. The summed E-state index contributed by atoms with van der Waals surface area (Å²) in [5, 5.41) is 3.91. The van der Waals surface area contributed by atoms with Gasteiger partial charge in [0, 0.05) is 6.26 Å². The number of anilines is 1. The van der Waals surface area contributed by atoms with Gasteiger partial charge in [-0.25, -0.2) is 18.2 Å². The number of hydrogen-bond donors (Lipinski definition) is 1. The van der Waals surface area contributed by atoms with Crippen LogP contribution in [0, 0.1) is 0 Å². The van der Waals surface area contributed by atoms with Gasteiger partial charge in [-0.2, -0.15) is 5.01 Å². The fraction of sp³-hybridized carbons (Fsp3) is 0.118. The molecule has 0 bridgehead atoms. The zero-order chi connectivity index (χ0) is 21.3. The third-order valence-corrected chi connectivity index (χ3v) is 5.51. The molecule has 1 saturated heterocycles. The summed E-state index contributed by atoms with van der Waals surface area (Å²) < 4.78 is 28.7. The monoisotopic (exact) mass is 457 g/mol. The smallest absolute Gasteiger partial charge is 0.347 e. The van der Waals surface area contributed by atoms with Gasteiger partial charge in [-0.15, -0.1) is 0 Å². The number of benzene rings is 2. The molecule has 1 aliphatic rings. The van der Waals surface area contributed by atoms with Crippen molar-refractivity contribution in [3.8, 4) is 11.5 Å². The predicted octanol–water partition coefficient (Wildman–Crippen LogP) is 2.62. The van der Waals surface area contributed by atoms with Gasteiger partial charge in [0.1, 0.15) is 12.3 Å². The fourth-order valence-corrected chi connectivity index (χ4v) is 3.72. The number of urea groups is 1. The van der Waals surface area contributed by atoms with Crippen LogP contribution in [-0.2, 0) is 19.4 Å². The highest BCUT2D eigenvalue weighted by molar-refractivity contribution is 7.90. The van der Waals surface area contributed by atoms with Crippen LogP contribution in [0.4, 0.5) is 10.5 Å². The average molecular weight is 458 g/mol. The summed E-state index contributed by atoms with van der Waals surface area (Å²) in [4.78, 5) is 34.9. The number of amides is 4. The molecule has 12 heteroatoms. The molecule has 0 aromatic heterocycles. The van der Waals surface area contributed by atoms with Crippen molar-refractivity contribution in [3.63, 3.8) is 0 Å². The maximum atomic E-state index is 12.1. The summed E-state index contributed by atoms with van der Waals surface area (Å²) in [5.74, 6) is -0.284. The lowest BCUT2D eigenvalue weighted by Crippen LogP contribution is -2.60. The van der Waals surface area contributed by atoms with E-state index < -0.39 is 21.8 Å². The molecule has 1 N–H and O–H groups in total. The van der Waals surface area contributed by atoms with Crippen molar-refractivity contribution in [3.05, 3.63) is 46.4 Å². The molecule has 9 nitrogen and oxygen atoms in total. The Kier molecular flexibility index (Phi) is 5.69. The number of rotatable bonds is 5. The first-order valence-corrected chi connectivity index (χ1v) is 10.6. The number of ether oxygens (including phenoxy) is 1. The molecule has 0 unspecified atom stereocenters. The van der Waals surface area contributed by atoms with E-state index in [1.165, 1.54) is 36.4 Å². The largest absolute Gasteiger partial charge is 0.454 e. The van der Waals surface area contributed by atoms with Crippen molar-refractivity contribution in [1.29, 1.82) is 0 Å². The molecule has 4 amide bonds. The Morgan fingerprint density at radius 3 is 2.21 bits per heavy atom. The van der Waals surface area contributed by atoms with E-state index in [-0.39, 0.29) is 38.7 Å². The van der Waals surface area contributed by atoms with Crippen molar-refractivity contribution in [1.82, 2.24) is 10.3 Å². The lowest BCUT2D eigenvalue weighted by Gasteiger charge is -2.35. The Morgan fingerprint density at radius 2 is 1.69 bits per heavy atom. The van der Waals surface area contributed by atoms with Gasteiger partial charge in [0.15, 0.2) is 15.6 Å². The Labute approximate surface area is 175 Å². The van der Waals surface area contributed by atoms with Crippen molar-refractivity contribution in [2.75, 3.05) is 17.8 Å². The minimum atomic E-state index is -3.35. The van der Waals surface area contributed by atoms with Crippen LogP contribution in [0.15, 0.2) is 41.3 Å². The zero-order valence-electron chi connectivity index (χ0n) is 14.8. The maximum Gasteiger partial charge on any atom is 0.347 e. The molecule has 0 atom stereocenters. The van der Waals surface area contributed by atoms with Gasteiger partial charge in [-0.3, -0.25) is 14.9 Å². The third-order valence-electron chi connectivity index (χ3n) is 3.82. The van der Waals surface area contributed by atoms with Gasteiger partial charge in [-0.1, -0.05) is 23.2 Å². The number of hydrazine groups is 1. The summed E-state index contributed by atoms with van der Waals surface area (Å²) in [6, 6.07) is 7.45. The Morgan fingerprint density at radius 1 is 1.10 bits per heavy atom. The predicted molar refractivity (Wildman–Crippen MR) is 105 cm³/mol. The van der Waals surface area contributed by atoms with Gasteiger partial charge >= 0.3 is 6.03 Å². The highest BCUT2D eigenvalue weighted by Crippen LogP contribution is 2.40. The van der Waals surface area contributed by atoms with E-state index in [1.54, 1.807) is 0 Å². The van der Waals surface area contributed by atoms with Crippen LogP contribution in [0.2, 0.25) is 10.0 Å². The van der Waals surface area contributed by atoms with E-state index in [0.29, 0.717) is 6.41 Å². The molecule has 2 aromatic carbocycles. The second-order valence-corrected chi connectivity index (χ2v) is 8.78. The van der Waals surface area contributed by atoms with Crippen LogP contribution in [0.1, 0.15) is 0 Å². The summed E-state index contributed by atoms with van der Waals surface area (Å²) >= 11 is 12.5. The van der Waals surface area contributed by atoms with E-state index in [2.05, 4.69) is 5.32 Å². The van der Waals surface area contributed by atoms with Gasteiger partial charge in [0.2, 0.25) is 12.3 Å². The second-order valence-electron chi connectivity index (χ2n) is 5.95. The first kappa shape index (κ1) is 20.9. The highest BCUT2D eigenvalue weighted by Gasteiger charge is 2.32. The average Bonchev–Trinajstić information content (AvgIpc) is 2.63. The molecule has 0 radical (unpaired) electrons. The fourth-order valence-electron chi connectivity index (χ4n) is 2.54. The van der Waals surface area contributed by atoms with Crippen LogP contribution in [0.3, 0.4) is 0 Å². The molecule has 1 heterocycles. The molecule has 1 fully saturated rings. The third kappa shape index (κ3) is 4.44. The molecule has 2 aromatic rings. The Hall–Kier alpha value is -2.82. The number of hydrogen-bond acceptors (Lipinski definition) is 6. The van der Waals surface area contributed by atoms with Crippen LogP contribution in [-0.4, -0.2) is 44.6 Å². The van der Waals surface area contributed by atoms with E-state index in [9.17, 15) is 22.8 Å². The Bertz CT molecular complexity index is 1080. The lowest BCUT2D eigenvalue weighted by molar-refractivity contribution is -0.129. The van der Waals surface area contributed by atoms with E-state index in [1.807, 2.05) is 0 Å². The van der Waals surface area contributed by atoms with Crippen molar-refractivity contribution < 1.29 is 27.5 Å². The molecule has 152 valence electrons. The molecule has 0 saturated carbocycles. The van der Waals surface area contributed by atoms with Crippen molar-refractivity contribution >= 4 is 57.1 Å². The molecule has 0 aliphatic carbocycles. The van der Waals surface area contributed by atoms with Gasteiger partial charge < -0.3 is 4.74 Å². The van der Waals surface area contributed by atoms with Crippen LogP contribution < -0.4 is 15.1 Å². The number of carbonyl (C=O) groups is 3. The minimum Gasteiger partial charge on any atom is -0.454 e. The zero-order valence-corrected chi connectivity index (χ0v) is 17.1. The number of imide groups is 1. The standard InChI is InChI=1S/C17H13Cl2N3O6S/c1-29(26,27)12-4-2-11(3-5-12)28-16-13(18)6-10(7-14(16)19)22-17(25)20-15(24)8-21(22)9-23/h2-7,9H,8H2,1H3,(H,20,24,25). The van der Waals surface area contributed by atoms with Gasteiger partial charge in [0.05, 0.1) is 20.6 Å². The minimum absolute atomic E-state index is 0.0234. The van der Waals surface area contributed by atoms with Crippen LogP contribution in [0.25, 0.3) is 0 Å². The highest BCUT2D eigenvalue weighted by atomic mass is 35.5. The normalized spacial score (nSPS) is 14.6. The molecular weight excluding hydrogens is 445 g/mol. The topological polar surface area (TPSA) is 113 Å². The first-order valence-electron chi connectivity index (χ1n) is 7.93. The number of nitrogens with one attached hydrogen (secondary N) is 1. The van der Waals surface area contributed by atoms with Gasteiger partial charge in [0.25, 0.3) is 0 Å². The van der Waals surface area contributed by atoms with E-state index in [0.717, 1.165) is 16.3 Å². The molecule has 1 aliphatic heterocycles. The molecule has 0 spiro atoms. The maximum absolute atomic E-state index is 12.1. The first-order chi connectivity index (χ1) is 13.6. The van der Waals surface area contributed by atoms with Crippen molar-refractivity contribution in [2.24, 2.45) is 0 Å². The number of halogens is 2. The molecular formula is C17H13Cl2N3O6S. The van der Waals surface area contributed by atoms with E-state index in [4.69, 9.17) is 27.9 Å². The number of carbonyl (C=O) groups excluding carboxylic acids is 3. The van der Waals surface area contributed by atoms with Crippen LogP contribution >= 0.6 is 23.2 Å². The summed E-state index contributed by atoms with van der Waals surface area (Å²) in [7, 11) is -3.35. The summed E-state index contributed by atoms with van der Waals surface area (Å²) in [6.07, 6.45) is 1.41. The van der Waals surface area contributed by atoms with Gasteiger partial charge in [-0.05, 0) is 36.4 Å². The molecule has 3 rings (SSSR count).